The predicted molar refractivity (Wildman–Crippen MR) is 68.1 cm³/mol. The second kappa shape index (κ2) is 7.31. The fourth-order valence-electron chi connectivity index (χ4n) is 2.87. The van der Waals surface area contributed by atoms with E-state index in [4.69, 9.17) is 9.84 Å². The number of piperidine rings is 2. The fourth-order valence-corrected chi connectivity index (χ4v) is 2.87. The quantitative estimate of drug-likeness (QED) is 0.741. The van der Waals surface area contributed by atoms with Crippen LogP contribution < -0.4 is 5.32 Å². The molecule has 0 bridgehead atoms. The van der Waals surface area contributed by atoms with E-state index in [9.17, 15) is 0 Å². The van der Waals surface area contributed by atoms with Crippen LogP contribution in [-0.2, 0) is 4.74 Å². The molecule has 0 aliphatic carbocycles. The smallest absolute Gasteiger partial charge is 0.0701 e. The molecule has 0 aromatic rings. The number of likely N-dealkylation sites (tertiary alicyclic amines) is 1. The Bertz CT molecular complexity index is 200. The maximum absolute atomic E-state index is 8.72. The molecule has 1 unspecified atom stereocenters. The van der Waals surface area contributed by atoms with Crippen LogP contribution in [0.4, 0.5) is 0 Å². The van der Waals surface area contributed by atoms with Crippen molar-refractivity contribution >= 4 is 0 Å². The molecule has 2 fully saturated rings. The molecule has 0 amide bonds. The van der Waals surface area contributed by atoms with Gasteiger partial charge in [-0.1, -0.05) is 6.42 Å². The zero-order valence-electron chi connectivity index (χ0n) is 10.7. The highest BCUT2D eigenvalue weighted by Crippen LogP contribution is 2.15. The van der Waals surface area contributed by atoms with Gasteiger partial charge in [-0.3, -0.25) is 0 Å². The number of nitrogens with one attached hydrogen (secondary N) is 1. The molecule has 0 spiro atoms. The summed E-state index contributed by atoms with van der Waals surface area (Å²) in [5.74, 6) is 0. The number of hydrogen-bond donors (Lipinski definition) is 2. The molecule has 17 heavy (non-hydrogen) atoms. The van der Waals surface area contributed by atoms with Gasteiger partial charge in [0.2, 0.25) is 0 Å². The Morgan fingerprint density at radius 3 is 2.65 bits per heavy atom. The third kappa shape index (κ3) is 4.54. The number of rotatable bonds is 5. The standard InChI is InChI=1S/C13H26N2O2/c16-9-10-17-13-4-7-15(8-5-13)11-12-3-1-2-6-14-12/h12-14,16H,1-11H2. The van der Waals surface area contributed by atoms with Crippen molar-refractivity contribution in [3.05, 3.63) is 0 Å². The van der Waals surface area contributed by atoms with Crippen molar-refractivity contribution in [3.63, 3.8) is 0 Å². The summed E-state index contributed by atoms with van der Waals surface area (Å²) in [7, 11) is 0. The largest absolute Gasteiger partial charge is 0.394 e. The lowest BCUT2D eigenvalue weighted by atomic mass is 10.0. The van der Waals surface area contributed by atoms with Gasteiger partial charge in [0.15, 0.2) is 0 Å². The van der Waals surface area contributed by atoms with Crippen molar-refractivity contribution in [1.82, 2.24) is 10.2 Å². The zero-order valence-corrected chi connectivity index (χ0v) is 10.7. The van der Waals surface area contributed by atoms with Crippen LogP contribution in [-0.4, -0.2) is 61.5 Å². The van der Waals surface area contributed by atoms with Crippen LogP contribution in [0.5, 0.6) is 0 Å². The fraction of sp³-hybridized carbons (Fsp3) is 1.00. The van der Waals surface area contributed by atoms with E-state index in [1.807, 2.05) is 0 Å². The molecule has 0 aromatic carbocycles. The second-order valence-electron chi connectivity index (χ2n) is 5.24. The summed E-state index contributed by atoms with van der Waals surface area (Å²) in [6.45, 7) is 5.33. The summed E-state index contributed by atoms with van der Waals surface area (Å²) in [5.41, 5.74) is 0. The lowest BCUT2D eigenvalue weighted by Gasteiger charge is -2.35. The van der Waals surface area contributed by atoms with Gasteiger partial charge in [-0.25, -0.2) is 0 Å². The summed E-state index contributed by atoms with van der Waals surface area (Å²) in [6.07, 6.45) is 6.67. The van der Waals surface area contributed by atoms with Gasteiger partial charge in [-0.05, 0) is 32.2 Å². The van der Waals surface area contributed by atoms with Crippen LogP contribution in [0.3, 0.4) is 0 Å². The molecule has 4 nitrogen and oxygen atoms in total. The molecule has 2 aliphatic rings. The SMILES string of the molecule is OCCOC1CCN(CC2CCCCN2)CC1. The molecular formula is C13H26N2O2. The van der Waals surface area contributed by atoms with E-state index in [2.05, 4.69) is 10.2 Å². The molecule has 2 N–H and O–H groups in total. The van der Waals surface area contributed by atoms with Crippen LogP contribution in [0.2, 0.25) is 0 Å². The molecule has 0 aromatic heterocycles. The molecule has 100 valence electrons. The Morgan fingerprint density at radius 1 is 1.18 bits per heavy atom. The second-order valence-corrected chi connectivity index (χ2v) is 5.24. The van der Waals surface area contributed by atoms with Crippen LogP contribution in [0, 0.1) is 0 Å². The van der Waals surface area contributed by atoms with Crippen molar-refractivity contribution in [1.29, 1.82) is 0 Å². The Kier molecular flexibility index (Phi) is 5.71. The predicted octanol–water partition coefficient (Wildman–Crippen LogP) is 0.602. The van der Waals surface area contributed by atoms with Crippen LogP contribution >= 0.6 is 0 Å². The van der Waals surface area contributed by atoms with E-state index < -0.39 is 0 Å². The monoisotopic (exact) mass is 242 g/mol. The summed E-state index contributed by atoms with van der Waals surface area (Å²) in [4.78, 5) is 2.56. The van der Waals surface area contributed by atoms with Gasteiger partial charge >= 0.3 is 0 Å². The first-order valence-electron chi connectivity index (χ1n) is 7.06. The molecular weight excluding hydrogens is 216 g/mol. The number of ether oxygens (including phenoxy) is 1. The van der Waals surface area contributed by atoms with Crippen molar-refractivity contribution < 1.29 is 9.84 Å². The maximum Gasteiger partial charge on any atom is 0.0701 e. The summed E-state index contributed by atoms with van der Waals surface area (Å²) in [5, 5.41) is 12.3. The van der Waals surface area contributed by atoms with Gasteiger partial charge in [0, 0.05) is 25.7 Å². The van der Waals surface area contributed by atoms with Gasteiger partial charge in [-0.15, -0.1) is 0 Å². The molecule has 2 heterocycles. The summed E-state index contributed by atoms with van der Waals surface area (Å²) < 4.78 is 5.58. The van der Waals surface area contributed by atoms with E-state index in [0.29, 0.717) is 18.8 Å². The number of aliphatic hydroxyl groups is 1. The van der Waals surface area contributed by atoms with Gasteiger partial charge < -0.3 is 20.1 Å². The van der Waals surface area contributed by atoms with Crippen molar-refractivity contribution in [2.24, 2.45) is 0 Å². The number of aliphatic hydroxyl groups excluding tert-OH is 1. The van der Waals surface area contributed by atoms with Crippen LogP contribution in [0.15, 0.2) is 0 Å². The molecule has 4 heteroatoms. The summed E-state index contributed by atoms with van der Waals surface area (Å²) >= 11 is 0. The summed E-state index contributed by atoms with van der Waals surface area (Å²) in [6, 6.07) is 0.707. The van der Waals surface area contributed by atoms with Crippen LogP contribution in [0.1, 0.15) is 32.1 Å². The van der Waals surface area contributed by atoms with E-state index in [1.54, 1.807) is 0 Å². The molecule has 2 saturated heterocycles. The van der Waals surface area contributed by atoms with E-state index >= 15 is 0 Å². The van der Waals surface area contributed by atoms with Gasteiger partial charge in [-0.2, -0.15) is 0 Å². The van der Waals surface area contributed by atoms with E-state index in [1.165, 1.54) is 32.4 Å². The minimum Gasteiger partial charge on any atom is -0.394 e. The third-order valence-corrected chi connectivity index (χ3v) is 3.87. The van der Waals surface area contributed by atoms with Crippen molar-refractivity contribution in [2.45, 2.75) is 44.2 Å². The zero-order chi connectivity index (χ0) is 11.9. The Hall–Kier alpha value is -0.160. The molecule has 0 saturated carbocycles. The Balaban J connectivity index is 1.61. The number of hydrogen-bond acceptors (Lipinski definition) is 4. The first-order chi connectivity index (χ1) is 8.38. The van der Waals surface area contributed by atoms with Gasteiger partial charge in [0.25, 0.3) is 0 Å². The minimum atomic E-state index is 0.145. The highest BCUT2D eigenvalue weighted by Gasteiger charge is 2.22. The lowest BCUT2D eigenvalue weighted by Crippen LogP contribution is -2.47. The third-order valence-electron chi connectivity index (χ3n) is 3.87. The molecule has 2 rings (SSSR count). The Labute approximate surface area is 104 Å². The van der Waals surface area contributed by atoms with E-state index in [-0.39, 0.29) is 6.61 Å². The maximum atomic E-state index is 8.72. The van der Waals surface area contributed by atoms with E-state index in [0.717, 1.165) is 25.9 Å². The minimum absolute atomic E-state index is 0.145. The normalized spacial score (nSPS) is 28.4. The van der Waals surface area contributed by atoms with Crippen molar-refractivity contribution in [2.75, 3.05) is 39.4 Å². The first-order valence-corrected chi connectivity index (χ1v) is 7.06. The van der Waals surface area contributed by atoms with Gasteiger partial charge in [0.1, 0.15) is 0 Å². The van der Waals surface area contributed by atoms with Crippen LogP contribution in [0.25, 0.3) is 0 Å². The Morgan fingerprint density at radius 2 is 2.00 bits per heavy atom. The average Bonchev–Trinajstić information content (AvgIpc) is 2.39. The highest BCUT2D eigenvalue weighted by molar-refractivity contribution is 4.79. The lowest BCUT2D eigenvalue weighted by molar-refractivity contribution is -0.00936. The van der Waals surface area contributed by atoms with Crippen molar-refractivity contribution in [3.8, 4) is 0 Å². The number of nitrogens with zero attached hydrogens (tertiary/aromatic N) is 1. The highest BCUT2D eigenvalue weighted by atomic mass is 16.5. The van der Waals surface area contributed by atoms with Gasteiger partial charge in [0.05, 0.1) is 19.3 Å². The topological polar surface area (TPSA) is 44.7 Å². The molecule has 1 atom stereocenters. The molecule has 2 aliphatic heterocycles. The first kappa shape index (κ1) is 13.3. The average molecular weight is 242 g/mol. The molecule has 0 radical (unpaired) electrons.